The van der Waals surface area contributed by atoms with Crippen molar-refractivity contribution in [3.05, 3.63) is 0 Å². The van der Waals surface area contributed by atoms with Crippen LogP contribution >= 0.6 is 7.82 Å². The second-order valence-electron chi connectivity index (χ2n) is 11.0. The van der Waals surface area contributed by atoms with Crippen LogP contribution in [0.3, 0.4) is 0 Å². The summed E-state index contributed by atoms with van der Waals surface area (Å²) in [6.07, 6.45) is 22.0. The molecule has 0 radical (unpaired) electrons. The van der Waals surface area contributed by atoms with E-state index in [0.717, 1.165) is 30.5 Å². The number of unbranched alkanes of at least 4 members (excludes halogenated alkanes) is 13. The Kier molecular flexibility index (Phi) is 20.7. The molecule has 0 aliphatic carbocycles. The summed E-state index contributed by atoms with van der Waals surface area (Å²) < 4.78 is 34.5. The predicted molar refractivity (Wildman–Crippen MR) is 148 cm³/mol. The lowest BCUT2D eigenvalue weighted by Gasteiger charge is -2.37. The Labute approximate surface area is 222 Å². The molecular weight excluding hydrogens is 477 g/mol. The van der Waals surface area contributed by atoms with Gasteiger partial charge < -0.3 is 18.9 Å². The molecule has 2 atom stereocenters. The standard InChI is InChI=1S/C28H58NO6P/c1-4-5-6-7-8-9-10-11-12-13-14-15-16-20-24-33-26-28(32-3)27-35-36(30,31)34-25-23-29(2)21-18-17-19-22-29/h28H,4-27H2,1-3H3/p+1. The van der Waals surface area contributed by atoms with Crippen LogP contribution in [-0.4, -0.2) is 75.7 Å². The fourth-order valence-corrected chi connectivity index (χ4v) is 5.63. The molecule has 1 aliphatic heterocycles. The number of hydrogen-bond acceptors (Lipinski definition) is 5. The Hall–Kier alpha value is -0.0100. The van der Waals surface area contributed by atoms with Crippen molar-refractivity contribution in [1.82, 2.24) is 0 Å². The van der Waals surface area contributed by atoms with E-state index in [1.165, 1.54) is 103 Å². The Balaban J connectivity index is 1.94. The summed E-state index contributed by atoms with van der Waals surface area (Å²) in [7, 11) is -0.332. The summed E-state index contributed by atoms with van der Waals surface area (Å²) in [6, 6.07) is 0. The second kappa shape index (κ2) is 21.9. The Morgan fingerprint density at radius 2 is 1.28 bits per heavy atom. The number of ether oxygens (including phenoxy) is 2. The predicted octanol–water partition coefficient (Wildman–Crippen LogP) is 7.26. The number of phosphoric ester groups is 1. The number of phosphoric acid groups is 1. The van der Waals surface area contributed by atoms with Crippen molar-refractivity contribution in [3.63, 3.8) is 0 Å². The largest absolute Gasteiger partial charge is 0.472 e. The van der Waals surface area contributed by atoms with Crippen LogP contribution in [0.5, 0.6) is 0 Å². The molecule has 36 heavy (non-hydrogen) atoms. The summed E-state index contributed by atoms with van der Waals surface area (Å²) in [5.41, 5.74) is 0. The van der Waals surface area contributed by atoms with E-state index < -0.39 is 7.82 Å². The van der Waals surface area contributed by atoms with Gasteiger partial charge in [-0.05, 0) is 25.7 Å². The third-order valence-corrected chi connectivity index (χ3v) is 8.47. The molecule has 8 heteroatoms. The van der Waals surface area contributed by atoms with E-state index in [0.29, 0.717) is 13.2 Å². The number of methoxy groups -OCH3 is 1. The number of quaternary nitrogens is 1. The van der Waals surface area contributed by atoms with Crippen LogP contribution in [-0.2, 0) is 23.1 Å². The van der Waals surface area contributed by atoms with E-state index in [9.17, 15) is 9.46 Å². The smallest absolute Gasteiger partial charge is 0.379 e. The van der Waals surface area contributed by atoms with Crippen molar-refractivity contribution in [1.29, 1.82) is 0 Å². The van der Waals surface area contributed by atoms with Gasteiger partial charge >= 0.3 is 7.82 Å². The van der Waals surface area contributed by atoms with Crippen LogP contribution in [0, 0.1) is 0 Å². The molecule has 0 aromatic rings. The van der Waals surface area contributed by atoms with Crippen molar-refractivity contribution >= 4 is 7.82 Å². The topological polar surface area (TPSA) is 74.2 Å². The molecule has 1 rings (SSSR count). The van der Waals surface area contributed by atoms with Gasteiger partial charge in [-0.1, -0.05) is 90.4 Å². The number of likely N-dealkylation sites (N-methyl/N-ethyl adjacent to an activating group) is 1. The van der Waals surface area contributed by atoms with Gasteiger partial charge in [0, 0.05) is 13.7 Å². The van der Waals surface area contributed by atoms with Crippen molar-refractivity contribution < 1.29 is 32.5 Å². The minimum absolute atomic E-state index is 0.0187. The van der Waals surface area contributed by atoms with E-state index in [2.05, 4.69) is 14.0 Å². The van der Waals surface area contributed by atoms with Gasteiger partial charge in [0.1, 0.15) is 19.3 Å². The van der Waals surface area contributed by atoms with Crippen molar-refractivity contribution in [2.24, 2.45) is 0 Å². The van der Waals surface area contributed by atoms with Gasteiger partial charge in [0.15, 0.2) is 0 Å². The lowest BCUT2D eigenvalue weighted by molar-refractivity contribution is -0.914. The maximum atomic E-state index is 12.2. The van der Waals surface area contributed by atoms with Crippen molar-refractivity contribution in [3.8, 4) is 0 Å². The number of nitrogens with zero attached hydrogens (tertiary/aromatic N) is 1. The number of hydrogen-bond donors (Lipinski definition) is 1. The summed E-state index contributed by atoms with van der Waals surface area (Å²) >= 11 is 0. The quantitative estimate of drug-likeness (QED) is 0.0752. The van der Waals surface area contributed by atoms with Crippen LogP contribution < -0.4 is 0 Å². The number of rotatable bonds is 25. The Bertz CT molecular complexity index is 544. The van der Waals surface area contributed by atoms with E-state index in [1.807, 2.05) is 0 Å². The van der Waals surface area contributed by atoms with E-state index in [-0.39, 0.29) is 19.3 Å². The lowest BCUT2D eigenvalue weighted by Crippen LogP contribution is -2.49. The summed E-state index contributed by atoms with van der Waals surface area (Å²) in [6.45, 7) is 6.43. The third kappa shape index (κ3) is 19.1. The Morgan fingerprint density at radius 3 is 1.81 bits per heavy atom. The van der Waals surface area contributed by atoms with Crippen LogP contribution in [0.2, 0.25) is 0 Å². The molecule has 216 valence electrons. The van der Waals surface area contributed by atoms with E-state index >= 15 is 0 Å². The highest BCUT2D eigenvalue weighted by Gasteiger charge is 2.28. The normalized spacial score (nSPS) is 18.2. The zero-order valence-corrected chi connectivity index (χ0v) is 24.8. The average molecular weight is 537 g/mol. The van der Waals surface area contributed by atoms with Gasteiger partial charge in [0.2, 0.25) is 0 Å². The van der Waals surface area contributed by atoms with Gasteiger partial charge in [-0.2, -0.15) is 0 Å². The minimum Gasteiger partial charge on any atom is -0.379 e. The van der Waals surface area contributed by atoms with Crippen LogP contribution in [0.4, 0.5) is 0 Å². The van der Waals surface area contributed by atoms with Crippen LogP contribution in [0.25, 0.3) is 0 Å². The van der Waals surface area contributed by atoms with Crippen LogP contribution in [0.1, 0.15) is 116 Å². The first-order chi connectivity index (χ1) is 17.4. The molecule has 1 fully saturated rings. The molecule has 7 nitrogen and oxygen atoms in total. The average Bonchev–Trinajstić information content (AvgIpc) is 2.85. The van der Waals surface area contributed by atoms with Crippen molar-refractivity contribution in [2.45, 2.75) is 122 Å². The fraction of sp³-hybridized carbons (Fsp3) is 1.00. The second-order valence-corrected chi connectivity index (χ2v) is 12.4. The van der Waals surface area contributed by atoms with Gasteiger partial charge in [-0.3, -0.25) is 9.05 Å². The maximum absolute atomic E-state index is 12.2. The molecule has 0 amide bonds. The zero-order chi connectivity index (χ0) is 26.4. The summed E-state index contributed by atoms with van der Waals surface area (Å²) in [4.78, 5) is 9.99. The SMILES string of the molecule is CCCCCCCCCCCCCCCCOCC(COP(=O)(O)OCC[N+]1(C)CCCCC1)OC. The number of likely N-dealkylation sites (tertiary alicyclic amines) is 1. The van der Waals surface area contributed by atoms with E-state index in [1.54, 1.807) is 7.11 Å². The Morgan fingerprint density at radius 1 is 0.750 bits per heavy atom. The molecule has 1 heterocycles. The molecule has 0 bridgehead atoms. The lowest BCUT2D eigenvalue weighted by atomic mass is 10.0. The van der Waals surface area contributed by atoms with Gasteiger partial charge in [0.25, 0.3) is 0 Å². The molecular formula is C28H59NO6P+. The molecule has 0 aromatic carbocycles. The first kappa shape index (κ1) is 34.0. The van der Waals surface area contributed by atoms with Crippen molar-refractivity contribution in [2.75, 3.05) is 60.2 Å². The zero-order valence-electron chi connectivity index (χ0n) is 23.9. The first-order valence-electron chi connectivity index (χ1n) is 15.0. The highest BCUT2D eigenvalue weighted by Crippen LogP contribution is 2.43. The maximum Gasteiger partial charge on any atom is 0.472 e. The molecule has 0 aromatic heterocycles. The highest BCUT2D eigenvalue weighted by molar-refractivity contribution is 7.47. The molecule has 0 saturated carbocycles. The summed E-state index contributed by atoms with van der Waals surface area (Å²) in [5, 5.41) is 0. The fourth-order valence-electron chi connectivity index (χ4n) is 4.89. The monoisotopic (exact) mass is 536 g/mol. The molecule has 1 aliphatic rings. The molecule has 1 N–H and O–H groups in total. The van der Waals surface area contributed by atoms with Gasteiger partial charge in [-0.15, -0.1) is 0 Å². The molecule has 1 saturated heterocycles. The number of piperidine rings is 1. The molecule has 2 unspecified atom stereocenters. The van der Waals surface area contributed by atoms with Crippen LogP contribution in [0.15, 0.2) is 0 Å². The summed E-state index contributed by atoms with van der Waals surface area (Å²) in [5.74, 6) is 0. The van der Waals surface area contributed by atoms with E-state index in [4.69, 9.17) is 18.5 Å². The third-order valence-electron chi connectivity index (χ3n) is 7.48. The van der Waals surface area contributed by atoms with Gasteiger partial charge in [0.05, 0.1) is 33.4 Å². The molecule has 0 spiro atoms. The van der Waals surface area contributed by atoms with Gasteiger partial charge in [-0.25, -0.2) is 4.57 Å². The minimum atomic E-state index is -4.08. The first-order valence-corrected chi connectivity index (χ1v) is 16.5. The highest BCUT2D eigenvalue weighted by atomic mass is 31.2.